The standard InChI is InChI=1S/C14H20O2/c1-16-14-7-3-6-12(10-14)9-13(15)8-11-4-2-5-11/h3,6-7,10-11,13,15H,2,4-5,8-9H2,1H3. The molecule has 1 N–H and O–H groups in total. The molecular weight excluding hydrogens is 200 g/mol. The van der Waals surface area contributed by atoms with E-state index in [4.69, 9.17) is 4.74 Å². The summed E-state index contributed by atoms with van der Waals surface area (Å²) in [5, 5.41) is 9.96. The molecule has 1 aliphatic carbocycles. The van der Waals surface area contributed by atoms with Crippen LogP contribution in [0.5, 0.6) is 5.75 Å². The van der Waals surface area contributed by atoms with Gasteiger partial charge in [0, 0.05) is 0 Å². The van der Waals surface area contributed by atoms with Crippen molar-refractivity contribution in [2.45, 2.75) is 38.2 Å². The molecule has 1 unspecified atom stereocenters. The number of aliphatic hydroxyl groups is 1. The normalized spacial score (nSPS) is 17.9. The third-order valence-corrected chi connectivity index (χ3v) is 3.44. The molecule has 2 nitrogen and oxygen atoms in total. The lowest BCUT2D eigenvalue weighted by molar-refractivity contribution is 0.118. The summed E-state index contributed by atoms with van der Waals surface area (Å²) in [6.45, 7) is 0. The van der Waals surface area contributed by atoms with E-state index >= 15 is 0 Å². The molecule has 1 atom stereocenters. The smallest absolute Gasteiger partial charge is 0.119 e. The van der Waals surface area contributed by atoms with Crippen LogP contribution in [0.25, 0.3) is 0 Å². The molecule has 0 heterocycles. The van der Waals surface area contributed by atoms with E-state index in [2.05, 4.69) is 0 Å². The van der Waals surface area contributed by atoms with Crippen LogP contribution in [0.1, 0.15) is 31.2 Å². The van der Waals surface area contributed by atoms with E-state index in [1.807, 2.05) is 24.3 Å². The Morgan fingerprint density at radius 2 is 2.25 bits per heavy atom. The van der Waals surface area contributed by atoms with Crippen molar-refractivity contribution in [2.24, 2.45) is 5.92 Å². The molecule has 0 bridgehead atoms. The second-order valence-corrected chi connectivity index (χ2v) is 4.74. The van der Waals surface area contributed by atoms with Crippen LogP contribution in [0, 0.1) is 5.92 Å². The Balaban J connectivity index is 1.86. The molecule has 2 heteroatoms. The first-order valence-electron chi connectivity index (χ1n) is 6.09. The van der Waals surface area contributed by atoms with Crippen molar-refractivity contribution < 1.29 is 9.84 Å². The minimum atomic E-state index is -0.197. The minimum absolute atomic E-state index is 0.197. The highest BCUT2D eigenvalue weighted by Gasteiger charge is 2.20. The summed E-state index contributed by atoms with van der Waals surface area (Å²) >= 11 is 0. The van der Waals surface area contributed by atoms with E-state index in [0.717, 1.165) is 30.1 Å². The summed E-state index contributed by atoms with van der Waals surface area (Å²) in [5.74, 6) is 1.63. The van der Waals surface area contributed by atoms with E-state index in [-0.39, 0.29) is 6.10 Å². The van der Waals surface area contributed by atoms with Gasteiger partial charge in [0.2, 0.25) is 0 Å². The average molecular weight is 220 g/mol. The van der Waals surface area contributed by atoms with Crippen LogP contribution in [-0.2, 0) is 6.42 Å². The van der Waals surface area contributed by atoms with Gasteiger partial charge >= 0.3 is 0 Å². The van der Waals surface area contributed by atoms with Crippen LogP contribution < -0.4 is 4.74 Å². The van der Waals surface area contributed by atoms with E-state index < -0.39 is 0 Å². The lowest BCUT2D eigenvalue weighted by atomic mass is 9.80. The van der Waals surface area contributed by atoms with E-state index in [1.165, 1.54) is 19.3 Å². The number of methoxy groups -OCH3 is 1. The summed E-state index contributed by atoms with van der Waals surface area (Å²) < 4.78 is 5.17. The molecule has 88 valence electrons. The fraction of sp³-hybridized carbons (Fsp3) is 0.571. The average Bonchev–Trinajstić information content (AvgIpc) is 2.24. The summed E-state index contributed by atoms with van der Waals surface area (Å²) in [6, 6.07) is 7.96. The topological polar surface area (TPSA) is 29.5 Å². The van der Waals surface area contributed by atoms with Gasteiger partial charge in [0.05, 0.1) is 13.2 Å². The van der Waals surface area contributed by atoms with Crippen molar-refractivity contribution in [1.29, 1.82) is 0 Å². The van der Waals surface area contributed by atoms with Gasteiger partial charge in [0.15, 0.2) is 0 Å². The zero-order valence-electron chi connectivity index (χ0n) is 9.86. The van der Waals surface area contributed by atoms with Gasteiger partial charge in [-0.15, -0.1) is 0 Å². The molecule has 0 radical (unpaired) electrons. The molecule has 1 aromatic carbocycles. The number of hydrogen-bond acceptors (Lipinski definition) is 2. The van der Waals surface area contributed by atoms with Gasteiger partial charge in [-0.2, -0.15) is 0 Å². The van der Waals surface area contributed by atoms with Crippen LogP contribution in [0.15, 0.2) is 24.3 Å². The molecule has 1 aliphatic rings. The first kappa shape index (κ1) is 11.5. The highest BCUT2D eigenvalue weighted by molar-refractivity contribution is 5.28. The predicted octanol–water partition coefficient (Wildman–Crippen LogP) is 2.79. The van der Waals surface area contributed by atoms with Crippen LogP contribution in [0.3, 0.4) is 0 Å². The van der Waals surface area contributed by atoms with Crippen molar-refractivity contribution in [3.05, 3.63) is 29.8 Å². The zero-order valence-corrected chi connectivity index (χ0v) is 9.86. The Kier molecular flexibility index (Phi) is 3.83. The van der Waals surface area contributed by atoms with Gasteiger partial charge in [0.1, 0.15) is 5.75 Å². The van der Waals surface area contributed by atoms with Crippen LogP contribution >= 0.6 is 0 Å². The van der Waals surface area contributed by atoms with Crippen molar-refractivity contribution in [3.63, 3.8) is 0 Å². The first-order valence-corrected chi connectivity index (χ1v) is 6.09. The van der Waals surface area contributed by atoms with E-state index in [9.17, 15) is 5.11 Å². The molecule has 0 spiro atoms. The van der Waals surface area contributed by atoms with E-state index in [1.54, 1.807) is 7.11 Å². The predicted molar refractivity (Wildman–Crippen MR) is 64.7 cm³/mol. The highest BCUT2D eigenvalue weighted by atomic mass is 16.5. The van der Waals surface area contributed by atoms with Gasteiger partial charge in [-0.3, -0.25) is 0 Å². The molecule has 1 fully saturated rings. The molecular formula is C14H20O2. The van der Waals surface area contributed by atoms with Crippen LogP contribution in [-0.4, -0.2) is 18.3 Å². The van der Waals surface area contributed by atoms with Crippen LogP contribution in [0.2, 0.25) is 0 Å². The fourth-order valence-corrected chi connectivity index (χ4v) is 2.27. The van der Waals surface area contributed by atoms with Crippen molar-refractivity contribution in [2.75, 3.05) is 7.11 Å². The maximum atomic E-state index is 9.96. The van der Waals surface area contributed by atoms with E-state index in [0.29, 0.717) is 0 Å². The van der Waals surface area contributed by atoms with Crippen molar-refractivity contribution in [1.82, 2.24) is 0 Å². The monoisotopic (exact) mass is 220 g/mol. The van der Waals surface area contributed by atoms with Gasteiger partial charge < -0.3 is 9.84 Å². The third-order valence-electron chi connectivity index (χ3n) is 3.44. The molecule has 0 aliphatic heterocycles. The van der Waals surface area contributed by atoms with Gasteiger partial charge in [-0.25, -0.2) is 0 Å². The molecule has 16 heavy (non-hydrogen) atoms. The molecule has 2 rings (SSSR count). The Morgan fingerprint density at radius 3 is 2.88 bits per heavy atom. The summed E-state index contributed by atoms with van der Waals surface area (Å²) in [4.78, 5) is 0. The molecule has 0 amide bonds. The van der Waals surface area contributed by atoms with Gasteiger partial charge in [0.25, 0.3) is 0 Å². The lowest BCUT2D eigenvalue weighted by Gasteiger charge is -2.27. The summed E-state index contributed by atoms with van der Waals surface area (Å²) in [7, 11) is 1.67. The second-order valence-electron chi connectivity index (χ2n) is 4.74. The fourth-order valence-electron chi connectivity index (χ4n) is 2.27. The van der Waals surface area contributed by atoms with Crippen molar-refractivity contribution >= 4 is 0 Å². The SMILES string of the molecule is COc1cccc(CC(O)CC2CCC2)c1. The highest BCUT2D eigenvalue weighted by Crippen LogP contribution is 2.31. The third kappa shape index (κ3) is 2.99. The maximum Gasteiger partial charge on any atom is 0.119 e. The minimum Gasteiger partial charge on any atom is -0.497 e. The quantitative estimate of drug-likeness (QED) is 0.826. The van der Waals surface area contributed by atoms with Gasteiger partial charge in [-0.1, -0.05) is 31.4 Å². The molecule has 1 aromatic rings. The first-order chi connectivity index (χ1) is 7.78. The Labute approximate surface area is 97.3 Å². The number of aliphatic hydroxyl groups excluding tert-OH is 1. The molecule has 1 saturated carbocycles. The lowest BCUT2D eigenvalue weighted by Crippen LogP contribution is -2.20. The molecule has 0 saturated heterocycles. The summed E-state index contributed by atoms with van der Waals surface area (Å²) in [5.41, 5.74) is 1.16. The number of benzene rings is 1. The maximum absolute atomic E-state index is 9.96. The van der Waals surface area contributed by atoms with Crippen molar-refractivity contribution in [3.8, 4) is 5.75 Å². The van der Waals surface area contributed by atoms with Crippen LogP contribution in [0.4, 0.5) is 0 Å². The second kappa shape index (κ2) is 5.35. The Hall–Kier alpha value is -1.02. The zero-order chi connectivity index (χ0) is 11.4. The Morgan fingerprint density at radius 1 is 1.44 bits per heavy atom. The molecule has 0 aromatic heterocycles. The van der Waals surface area contributed by atoms with Gasteiger partial charge in [-0.05, 0) is 36.5 Å². The number of hydrogen-bond donors (Lipinski definition) is 1. The number of rotatable bonds is 5. The number of ether oxygens (including phenoxy) is 1. The summed E-state index contributed by atoms with van der Waals surface area (Å²) in [6.07, 6.45) is 5.45. The Bertz CT molecular complexity index is 331. The largest absolute Gasteiger partial charge is 0.497 e.